The van der Waals surface area contributed by atoms with E-state index < -0.39 is 5.63 Å². The van der Waals surface area contributed by atoms with Crippen molar-refractivity contribution >= 4 is 11.0 Å². The lowest BCUT2D eigenvalue weighted by molar-refractivity contribution is 0.473. The Labute approximate surface area is 74.2 Å². The molecule has 13 heavy (non-hydrogen) atoms. The van der Waals surface area contributed by atoms with E-state index in [0.29, 0.717) is 5.58 Å². The molecule has 1 aromatic carbocycles. The minimum absolute atomic E-state index is 0.0984. The van der Waals surface area contributed by atoms with E-state index in [1.807, 2.05) is 6.92 Å². The van der Waals surface area contributed by atoms with E-state index in [0.717, 1.165) is 10.9 Å². The van der Waals surface area contributed by atoms with Crippen molar-refractivity contribution in [1.82, 2.24) is 0 Å². The van der Waals surface area contributed by atoms with Crippen molar-refractivity contribution in [2.45, 2.75) is 6.92 Å². The lowest BCUT2D eigenvalue weighted by atomic mass is 10.3. The number of hydrogen-bond donors (Lipinski definition) is 1. The van der Waals surface area contributed by atoms with Gasteiger partial charge in [0, 0.05) is 17.5 Å². The van der Waals surface area contributed by atoms with Gasteiger partial charge in [-0.3, -0.25) is 0 Å². The SMILES string of the molecule is [13CH3][13c]1cc(=O)oc2cc(O)ccc21. The number of benzene rings is 1. The zero-order valence-corrected chi connectivity index (χ0v) is 7.07. The van der Waals surface area contributed by atoms with E-state index in [-0.39, 0.29) is 5.75 Å². The van der Waals surface area contributed by atoms with E-state index in [1.165, 1.54) is 12.1 Å². The highest BCUT2D eigenvalue weighted by molar-refractivity contribution is 5.81. The Morgan fingerprint density at radius 1 is 1.31 bits per heavy atom. The lowest BCUT2D eigenvalue weighted by Crippen LogP contribution is -1.97. The molecular formula is C10H8O3. The van der Waals surface area contributed by atoms with Crippen LogP contribution in [0.3, 0.4) is 0 Å². The van der Waals surface area contributed by atoms with Crippen molar-refractivity contribution in [1.29, 1.82) is 0 Å². The average molecular weight is 178 g/mol. The van der Waals surface area contributed by atoms with Gasteiger partial charge in [0.2, 0.25) is 0 Å². The van der Waals surface area contributed by atoms with Gasteiger partial charge < -0.3 is 9.52 Å². The Morgan fingerprint density at radius 2 is 2.08 bits per heavy atom. The van der Waals surface area contributed by atoms with E-state index >= 15 is 0 Å². The lowest BCUT2D eigenvalue weighted by Gasteiger charge is -1.99. The van der Waals surface area contributed by atoms with Crippen LogP contribution in [0, 0.1) is 6.92 Å². The summed E-state index contributed by atoms with van der Waals surface area (Å²) in [6.45, 7) is 1.83. The molecule has 2 rings (SSSR count). The van der Waals surface area contributed by atoms with Crippen LogP contribution in [0.25, 0.3) is 11.0 Å². The molecule has 2 aromatic rings. The maximum Gasteiger partial charge on any atom is 0.336 e. The molecule has 0 radical (unpaired) electrons. The van der Waals surface area contributed by atoms with Crippen LogP contribution in [-0.4, -0.2) is 5.11 Å². The summed E-state index contributed by atoms with van der Waals surface area (Å²) in [5.74, 6) is 0.0984. The number of aryl methyl sites for hydroxylation is 1. The molecule has 1 N–H and O–H groups in total. The van der Waals surface area contributed by atoms with Gasteiger partial charge in [0.1, 0.15) is 11.3 Å². The van der Waals surface area contributed by atoms with Crippen molar-refractivity contribution in [2.24, 2.45) is 0 Å². The first-order valence-electron chi connectivity index (χ1n) is 3.90. The summed E-state index contributed by atoms with van der Waals surface area (Å²) >= 11 is 0. The van der Waals surface area contributed by atoms with Gasteiger partial charge in [0.15, 0.2) is 0 Å². The number of aromatic hydroxyl groups is 1. The van der Waals surface area contributed by atoms with Crippen LogP contribution in [0.1, 0.15) is 5.56 Å². The Kier molecular flexibility index (Phi) is 1.59. The number of phenolic OH excluding ortho intramolecular Hbond substituents is 1. The molecule has 0 aliphatic heterocycles. The summed E-state index contributed by atoms with van der Waals surface area (Å²) < 4.78 is 4.91. The zero-order chi connectivity index (χ0) is 9.42. The van der Waals surface area contributed by atoms with Gasteiger partial charge in [-0.15, -0.1) is 0 Å². The quantitative estimate of drug-likeness (QED) is 0.494. The summed E-state index contributed by atoms with van der Waals surface area (Å²) in [5.41, 5.74) is 0.881. The molecular weight excluding hydrogens is 170 g/mol. The number of fused-ring (bicyclic) bond motifs is 1. The molecule has 0 saturated heterocycles. The van der Waals surface area contributed by atoms with Gasteiger partial charge >= 0.3 is 5.63 Å². The number of phenols is 1. The normalized spacial score (nSPS) is 10.5. The van der Waals surface area contributed by atoms with Gasteiger partial charge in [-0.25, -0.2) is 4.79 Å². The van der Waals surface area contributed by atoms with Crippen LogP contribution < -0.4 is 5.63 Å². The zero-order valence-electron chi connectivity index (χ0n) is 7.07. The van der Waals surface area contributed by atoms with Crippen molar-refractivity contribution < 1.29 is 9.52 Å². The monoisotopic (exact) mass is 178 g/mol. The first-order valence-corrected chi connectivity index (χ1v) is 3.90. The molecule has 0 bridgehead atoms. The fraction of sp³-hybridized carbons (Fsp3) is 0.100. The molecule has 0 unspecified atom stereocenters. The molecule has 0 spiro atoms. The second-order valence-electron chi connectivity index (χ2n) is 2.93. The van der Waals surface area contributed by atoms with Crippen LogP contribution in [0.15, 0.2) is 33.5 Å². The number of rotatable bonds is 0. The second-order valence-corrected chi connectivity index (χ2v) is 2.93. The Balaban J connectivity index is 2.94. The first kappa shape index (κ1) is 7.86. The molecule has 0 saturated carbocycles. The second kappa shape index (κ2) is 2.62. The van der Waals surface area contributed by atoms with Crippen LogP contribution in [0.4, 0.5) is 0 Å². The van der Waals surface area contributed by atoms with Crippen molar-refractivity contribution in [3.05, 3.63) is 40.2 Å². The summed E-state index contributed by atoms with van der Waals surface area (Å²) in [6, 6.07) is 6.15. The largest absolute Gasteiger partial charge is 0.508 e. The summed E-state index contributed by atoms with van der Waals surface area (Å²) in [5, 5.41) is 9.99. The van der Waals surface area contributed by atoms with Crippen molar-refractivity contribution in [3.63, 3.8) is 0 Å². The highest BCUT2D eigenvalue weighted by Crippen LogP contribution is 2.20. The molecule has 0 aliphatic rings. The maximum atomic E-state index is 11.0. The number of hydrogen-bond acceptors (Lipinski definition) is 3. The van der Waals surface area contributed by atoms with E-state index in [4.69, 9.17) is 9.52 Å². The molecule has 66 valence electrons. The minimum Gasteiger partial charge on any atom is -0.508 e. The Hall–Kier alpha value is -1.77. The Morgan fingerprint density at radius 3 is 2.85 bits per heavy atom. The average Bonchev–Trinajstić information content (AvgIpc) is 2.02. The fourth-order valence-corrected chi connectivity index (χ4v) is 1.31. The smallest absolute Gasteiger partial charge is 0.336 e. The molecule has 1 aromatic heterocycles. The summed E-state index contributed by atoms with van der Waals surface area (Å²) in [7, 11) is 0. The molecule has 3 heteroatoms. The summed E-state index contributed by atoms with van der Waals surface area (Å²) in [6.07, 6.45) is 0. The van der Waals surface area contributed by atoms with Gasteiger partial charge in [0.05, 0.1) is 0 Å². The van der Waals surface area contributed by atoms with Crippen molar-refractivity contribution in [3.8, 4) is 5.75 Å². The third-order valence-electron chi connectivity index (χ3n) is 1.93. The van der Waals surface area contributed by atoms with Crippen LogP contribution in [-0.2, 0) is 0 Å². The van der Waals surface area contributed by atoms with Crippen LogP contribution in [0.2, 0.25) is 0 Å². The van der Waals surface area contributed by atoms with Crippen LogP contribution in [0.5, 0.6) is 5.75 Å². The minimum atomic E-state index is -0.393. The predicted molar refractivity (Wildman–Crippen MR) is 48.9 cm³/mol. The molecule has 0 amide bonds. The van der Waals surface area contributed by atoms with E-state index in [9.17, 15) is 4.79 Å². The van der Waals surface area contributed by atoms with Gasteiger partial charge in [-0.1, -0.05) is 0 Å². The van der Waals surface area contributed by atoms with E-state index in [1.54, 1.807) is 12.1 Å². The van der Waals surface area contributed by atoms with E-state index in [2.05, 4.69) is 0 Å². The third-order valence-corrected chi connectivity index (χ3v) is 1.93. The highest BCUT2D eigenvalue weighted by atomic mass is 16.4. The van der Waals surface area contributed by atoms with Crippen molar-refractivity contribution in [2.75, 3.05) is 0 Å². The summed E-state index contributed by atoms with van der Waals surface area (Å²) in [4.78, 5) is 11.0. The molecule has 0 fully saturated rings. The van der Waals surface area contributed by atoms with Gasteiger partial charge in [0.25, 0.3) is 0 Å². The maximum absolute atomic E-state index is 11.0. The molecule has 1 heterocycles. The molecule has 0 atom stereocenters. The predicted octanol–water partition coefficient (Wildman–Crippen LogP) is 1.81. The first-order chi connectivity index (χ1) is 6.16. The molecule has 0 aliphatic carbocycles. The standard InChI is InChI=1S/C10H8O3/c1-6-4-10(12)13-9-5-7(11)2-3-8(6)9/h2-5,11H,1H3/i1+1,6+1. The third kappa shape index (κ3) is 1.28. The van der Waals surface area contributed by atoms with Gasteiger partial charge in [-0.2, -0.15) is 0 Å². The fourth-order valence-electron chi connectivity index (χ4n) is 1.31. The van der Waals surface area contributed by atoms with Gasteiger partial charge in [-0.05, 0) is 24.6 Å². The highest BCUT2D eigenvalue weighted by Gasteiger charge is 2.01. The van der Waals surface area contributed by atoms with Crippen LogP contribution >= 0.6 is 0 Å². The Bertz CT molecular complexity index is 511. The molecule has 3 nitrogen and oxygen atoms in total. The topological polar surface area (TPSA) is 50.4 Å².